The molecule has 1 atom stereocenters. The largest absolute Gasteiger partial charge is 0.359 e. The Morgan fingerprint density at radius 3 is 2.60 bits per heavy atom. The number of imidazole rings is 1. The number of rotatable bonds is 11. The highest BCUT2D eigenvalue weighted by molar-refractivity contribution is 5.86. The van der Waals surface area contributed by atoms with Crippen LogP contribution in [0.25, 0.3) is 22.0 Å². The van der Waals surface area contributed by atoms with Crippen LogP contribution in [0.15, 0.2) is 48.7 Å². The Balaban J connectivity index is 1.43. The Morgan fingerprint density at radius 2 is 1.80 bits per heavy atom. The molecule has 7 heteroatoms. The predicted octanol–water partition coefficient (Wildman–Crippen LogP) is 4.57. The Hall–Kier alpha value is -3.19. The zero-order chi connectivity index (χ0) is 24.5. The van der Waals surface area contributed by atoms with Gasteiger partial charge in [-0.25, -0.2) is 4.98 Å². The minimum absolute atomic E-state index is 0.0471. The maximum absolute atomic E-state index is 12.9. The van der Waals surface area contributed by atoms with Gasteiger partial charge in [0.1, 0.15) is 5.82 Å². The van der Waals surface area contributed by atoms with E-state index in [9.17, 15) is 9.59 Å². The monoisotopic (exact) mass is 475 g/mol. The molecule has 0 radical (unpaired) electrons. The van der Waals surface area contributed by atoms with Crippen LogP contribution in [0.4, 0.5) is 0 Å². The van der Waals surface area contributed by atoms with Crippen molar-refractivity contribution in [3.8, 4) is 11.3 Å². The van der Waals surface area contributed by atoms with Crippen LogP contribution in [0.5, 0.6) is 0 Å². The summed E-state index contributed by atoms with van der Waals surface area (Å²) in [5.41, 5.74) is 2.02. The van der Waals surface area contributed by atoms with Crippen LogP contribution in [0.1, 0.15) is 63.2 Å². The van der Waals surface area contributed by atoms with Gasteiger partial charge in [0.05, 0.1) is 24.5 Å². The molecule has 1 aliphatic rings. The lowest BCUT2D eigenvalue weighted by atomic mass is 10.1. The van der Waals surface area contributed by atoms with Gasteiger partial charge in [0.15, 0.2) is 0 Å². The normalized spacial score (nSPS) is 15.1. The first-order valence-corrected chi connectivity index (χ1v) is 12.9. The molecule has 1 aliphatic heterocycles. The molecule has 0 spiro atoms. The molecular formula is C28H37N5O2. The third-order valence-electron chi connectivity index (χ3n) is 6.81. The number of unbranched alkanes of at least 4 members (excludes halogenated alkanes) is 2. The summed E-state index contributed by atoms with van der Waals surface area (Å²) in [6.45, 7) is 2.42. The quantitative estimate of drug-likeness (QED) is 0.354. The lowest BCUT2D eigenvalue weighted by Gasteiger charge is -2.26. The fraction of sp³-hybridized carbons (Fsp3) is 0.464. The minimum Gasteiger partial charge on any atom is -0.359 e. The Kier molecular flexibility index (Phi) is 8.90. The Morgan fingerprint density at radius 1 is 1.00 bits per heavy atom. The van der Waals surface area contributed by atoms with Crippen LogP contribution in [-0.4, -0.2) is 53.4 Å². The van der Waals surface area contributed by atoms with Gasteiger partial charge in [0.25, 0.3) is 0 Å². The number of aromatic amines is 1. The highest BCUT2D eigenvalue weighted by Crippen LogP contribution is 2.26. The molecule has 3 aromatic rings. The van der Waals surface area contributed by atoms with E-state index >= 15 is 0 Å². The highest BCUT2D eigenvalue weighted by Gasteiger charge is 2.20. The SMILES string of the molecule is CNC(=O)CCCCCC(NC(=O)CN1CCCCC1)c1ncc(-c2ccc3ccccc3c2)[nH]1. The van der Waals surface area contributed by atoms with Gasteiger partial charge >= 0.3 is 0 Å². The molecule has 3 N–H and O–H groups in total. The van der Waals surface area contributed by atoms with Crippen LogP contribution in [0, 0.1) is 0 Å². The van der Waals surface area contributed by atoms with Crippen molar-refractivity contribution in [3.63, 3.8) is 0 Å². The van der Waals surface area contributed by atoms with Crippen molar-refractivity contribution < 1.29 is 9.59 Å². The van der Waals surface area contributed by atoms with Crippen molar-refractivity contribution in [2.24, 2.45) is 0 Å². The van der Waals surface area contributed by atoms with Crippen LogP contribution in [-0.2, 0) is 9.59 Å². The molecule has 4 rings (SSSR count). The Bertz CT molecular complexity index is 1120. The summed E-state index contributed by atoms with van der Waals surface area (Å²) in [4.78, 5) is 34.8. The number of aromatic nitrogens is 2. The van der Waals surface area contributed by atoms with Crippen LogP contribution in [0.3, 0.4) is 0 Å². The van der Waals surface area contributed by atoms with Crippen molar-refractivity contribution >= 4 is 22.6 Å². The lowest BCUT2D eigenvalue weighted by molar-refractivity contribution is -0.123. The van der Waals surface area contributed by atoms with Crippen molar-refractivity contribution in [2.75, 3.05) is 26.7 Å². The molecule has 7 nitrogen and oxygen atoms in total. The van der Waals surface area contributed by atoms with Gasteiger partial charge in [0, 0.05) is 19.0 Å². The van der Waals surface area contributed by atoms with Crippen LogP contribution >= 0.6 is 0 Å². The molecule has 0 bridgehead atoms. The number of carbonyl (C=O) groups is 2. The molecule has 186 valence electrons. The third-order valence-corrected chi connectivity index (χ3v) is 6.81. The van der Waals surface area contributed by atoms with Gasteiger partial charge in [-0.3, -0.25) is 14.5 Å². The van der Waals surface area contributed by atoms with E-state index in [1.54, 1.807) is 7.05 Å². The number of likely N-dealkylation sites (tertiary alicyclic amines) is 1. The number of hydrogen-bond donors (Lipinski definition) is 3. The molecule has 1 unspecified atom stereocenters. The summed E-state index contributed by atoms with van der Waals surface area (Å²) >= 11 is 0. The summed E-state index contributed by atoms with van der Waals surface area (Å²) in [5.74, 6) is 0.903. The first-order valence-electron chi connectivity index (χ1n) is 12.9. The average molecular weight is 476 g/mol. The van der Waals surface area contributed by atoms with E-state index in [0.717, 1.165) is 68.7 Å². The van der Waals surface area contributed by atoms with Gasteiger partial charge < -0.3 is 15.6 Å². The molecule has 0 saturated carbocycles. The number of amides is 2. The van der Waals surface area contributed by atoms with Gasteiger partial charge in [-0.2, -0.15) is 0 Å². The number of piperidine rings is 1. The van der Waals surface area contributed by atoms with Gasteiger partial charge in [-0.15, -0.1) is 0 Å². The molecule has 1 fully saturated rings. The fourth-order valence-corrected chi connectivity index (χ4v) is 4.79. The predicted molar refractivity (Wildman–Crippen MR) is 140 cm³/mol. The molecule has 2 amide bonds. The number of nitrogens with zero attached hydrogens (tertiary/aromatic N) is 2. The zero-order valence-corrected chi connectivity index (χ0v) is 20.7. The number of carbonyl (C=O) groups excluding carboxylic acids is 2. The van der Waals surface area contributed by atoms with Crippen molar-refractivity contribution in [1.82, 2.24) is 25.5 Å². The smallest absolute Gasteiger partial charge is 0.234 e. The number of hydrogen-bond acceptors (Lipinski definition) is 4. The summed E-state index contributed by atoms with van der Waals surface area (Å²) < 4.78 is 0. The van der Waals surface area contributed by atoms with Crippen LogP contribution in [0.2, 0.25) is 0 Å². The second kappa shape index (κ2) is 12.5. The van der Waals surface area contributed by atoms with Crippen LogP contribution < -0.4 is 10.6 Å². The lowest BCUT2D eigenvalue weighted by Crippen LogP contribution is -2.41. The number of benzene rings is 2. The number of H-pyrrole nitrogens is 1. The molecule has 1 saturated heterocycles. The van der Waals surface area contributed by atoms with E-state index in [1.165, 1.54) is 17.2 Å². The van der Waals surface area contributed by atoms with Gasteiger partial charge in [-0.1, -0.05) is 55.7 Å². The van der Waals surface area contributed by atoms with E-state index < -0.39 is 0 Å². The summed E-state index contributed by atoms with van der Waals surface area (Å²) in [6, 6.07) is 14.5. The first-order chi connectivity index (χ1) is 17.1. The van der Waals surface area contributed by atoms with E-state index in [1.807, 2.05) is 18.3 Å². The summed E-state index contributed by atoms with van der Waals surface area (Å²) in [7, 11) is 1.67. The highest BCUT2D eigenvalue weighted by atomic mass is 16.2. The fourth-order valence-electron chi connectivity index (χ4n) is 4.79. The number of fused-ring (bicyclic) bond motifs is 1. The first kappa shape index (κ1) is 24.9. The zero-order valence-electron chi connectivity index (χ0n) is 20.7. The average Bonchev–Trinajstić information content (AvgIpc) is 3.38. The van der Waals surface area contributed by atoms with E-state index in [-0.39, 0.29) is 17.9 Å². The topological polar surface area (TPSA) is 90.1 Å². The molecule has 2 heterocycles. The Labute approximate surface area is 207 Å². The standard InChI is InChI=1S/C28H37N5O2/c1-29-26(34)13-5-2-4-12-24(31-27(35)20-33-16-8-3-9-17-33)28-30-19-25(32-28)23-15-14-21-10-6-7-11-22(21)18-23/h6-7,10-11,14-15,18-19,24H,2-5,8-9,12-13,16-17,20H2,1H3,(H,29,34)(H,30,32)(H,31,35). The summed E-state index contributed by atoms with van der Waals surface area (Å²) in [6.07, 6.45) is 9.44. The number of nitrogens with one attached hydrogen (secondary N) is 3. The third kappa shape index (κ3) is 7.15. The molecule has 1 aromatic heterocycles. The van der Waals surface area contributed by atoms with Gasteiger partial charge in [-0.05, 0) is 55.6 Å². The maximum atomic E-state index is 12.9. The maximum Gasteiger partial charge on any atom is 0.234 e. The molecule has 0 aliphatic carbocycles. The summed E-state index contributed by atoms with van der Waals surface area (Å²) in [5, 5.41) is 8.29. The molecule has 35 heavy (non-hydrogen) atoms. The van der Waals surface area contributed by atoms with Crippen molar-refractivity contribution in [1.29, 1.82) is 0 Å². The van der Waals surface area contributed by atoms with E-state index in [4.69, 9.17) is 0 Å². The molecular weight excluding hydrogens is 438 g/mol. The van der Waals surface area contributed by atoms with E-state index in [0.29, 0.717) is 13.0 Å². The molecule has 2 aromatic carbocycles. The second-order valence-corrected chi connectivity index (χ2v) is 9.47. The minimum atomic E-state index is -0.179. The van der Waals surface area contributed by atoms with Crippen molar-refractivity contribution in [2.45, 2.75) is 57.4 Å². The second-order valence-electron chi connectivity index (χ2n) is 9.47. The van der Waals surface area contributed by atoms with E-state index in [2.05, 4.69) is 55.8 Å². The van der Waals surface area contributed by atoms with Crippen molar-refractivity contribution in [3.05, 3.63) is 54.5 Å². The van der Waals surface area contributed by atoms with Gasteiger partial charge in [0.2, 0.25) is 11.8 Å².